The zero-order chi connectivity index (χ0) is 23.3. The number of H-pyrrole nitrogens is 1. The molecule has 0 bridgehead atoms. The summed E-state index contributed by atoms with van der Waals surface area (Å²) in [6, 6.07) is 15.0. The van der Waals surface area contributed by atoms with Gasteiger partial charge in [0, 0.05) is 31.9 Å². The fourth-order valence-corrected chi connectivity index (χ4v) is 3.88. The van der Waals surface area contributed by atoms with Crippen LogP contribution in [-0.2, 0) is 4.74 Å². The number of aromatic nitrogens is 3. The lowest BCUT2D eigenvalue weighted by atomic mass is 10.1. The van der Waals surface area contributed by atoms with E-state index in [9.17, 15) is 9.18 Å². The van der Waals surface area contributed by atoms with E-state index in [0.717, 1.165) is 19.6 Å². The normalized spacial score (nSPS) is 14.3. The standard InChI is InChI=1S/C25H24FN5O3/c26-17-7-8-18(21(16-17)34-15-12-31-10-13-33-14-11-31)24-28-20-5-3-4-19(23(20)30-24)25(32)29-22-6-1-2-9-27-22/h1-9,16H,10-15H2,(H,28,30)(H,27,29,32). The highest BCUT2D eigenvalue weighted by molar-refractivity contribution is 6.11. The van der Waals surface area contributed by atoms with Gasteiger partial charge in [0.1, 0.15) is 35.3 Å². The van der Waals surface area contributed by atoms with Crippen molar-refractivity contribution in [2.45, 2.75) is 0 Å². The second kappa shape index (κ2) is 9.98. The summed E-state index contributed by atoms with van der Waals surface area (Å²) in [6.45, 7) is 4.26. The van der Waals surface area contributed by atoms with E-state index < -0.39 is 5.82 Å². The van der Waals surface area contributed by atoms with Crippen LogP contribution in [-0.4, -0.2) is 65.2 Å². The highest BCUT2D eigenvalue weighted by Crippen LogP contribution is 2.31. The number of halogens is 1. The monoisotopic (exact) mass is 461 g/mol. The number of anilines is 1. The number of ether oxygens (including phenoxy) is 2. The van der Waals surface area contributed by atoms with Crippen molar-refractivity contribution in [3.63, 3.8) is 0 Å². The second-order valence-corrected chi connectivity index (χ2v) is 7.90. The molecule has 3 heterocycles. The van der Waals surface area contributed by atoms with Gasteiger partial charge in [0.2, 0.25) is 0 Å². The van der Waals surface area contributed by atoms with Gasteiger partial charge in [-0.1, -0.05) is 12.1 Å². The molecule has 9 heteroatoms. The number of imidazole rings is 1. The molecule has 1 fully saturated rings. The molecule has 1 saturated heterocycles. The van der Waals surface area contributed by atoms with Crippen molar-refractivity contribution >= 4 is 22.8 Å². The maximum Gasteiger partial charge on any atom is 0.259 e. The highest BCUT2D eigenvalue weighted by atomic mass is 19.1. The lowest BCUT2D eigenvalue weighted by Gasteiger charge is -2.26. The van der Waals surface area contributed by atoms with Gasteiger partial charge in [-0.2, -0.15) is 0 Å². The van der Waals surface area contributed by atoms with Crippen molar-refractivity contribution in [2.75, 3.05) is 44.8 Å². The van der Waals surface area contributed by atoms with Gasteiger partial charge in [0.15, 0.2) is 0 Å². The van der Waals surface area contributed by atoms with Crippen LogP contribution in [0.5, 0.6) is 5.75 Å². The quantitative estimate of drug-likeness (QED) is 0.436. The van der Waals surface area contributed by atoms with Gasteiger partial charge in [-0.25, -0.2) is 14.4 Å². The maximum atomic E-state index is 14.0. The minimum atomic E-state index is -0.392. The van der Waals surface area contributed by atoms with E-state index in [1.54, 1.807) is 42.6 Å². The third kappa shape index (κ3) is 4.90. The van der Waals surface area contributed by atoms with Crippen LogP contribution in [0.2, 0.25) is 0 Å². The van der Waals surface area contributed by atoms with Crippen LogP contribution in [0.15, 0.2) is 60.8 Å². The van der Waals surface area contributed by atoms with Gasteiger partial charge in [0.25, 0.3) is 5.91 Å². The molecule has 0 unspecified atom stereocenters. The van der Waals surface area contributed by atoms with Gasteiger partial charge in [-0.15, -0.1) is 0 Å². The van der Waals surface area contributed by atoms with Crippen molar-refractivity contribution < 1.29 is 18.7 Å². The van der Waals surface area contributed by atoms with Crippen LogP contribution in [0.4, 0.5) is 10.2 Å². The fraction of sp³-hybridized carbons (Fsp3) is 0.240. The van der Waals surface area contributed by atoms with Crippen LogP contribution in [0, 0.1) is 5.82 Å². The third-order valence-corrected chi connectivity index (χ3v) is 5.63. The van der Waals surface area contributed by atoms with Crippen LogP contribution in [0.3, 0.4) is 0 Å². The van der Waals surface area contributed by atoms with Crippen LogP contribution >= 0.6 is 0 Å². The molecule has 0 saturated carbocycles. The molecule has 174 valence electrons. The number of hydrogen-bond donors (Lipinski definition) is 2. The number of carbonyl (C=O) groups is 1. The van der Waals surface area contributed by atoms with E-state index in [1.807, 2.05) is 6.07 Å². The number of nitrogens with zero attached hydrogens (tertiary/aromatic N) is 3. The van der Waals surface area contributed by atoms with E-state index >= 15 is 0 Å². The van der Waals surface area contributed by atoms with E-state index in [2.05, 4.69) is 25.2 Å². The lowest BCUT2D eigenvalue weighted by Crippen LogP contribution is -2.38. The summed E-state index contributed by atoms with van der Waals surface area (Å²) >= 11 is 0. The van der Waals surface area contributed by atoms with Crippen molar-refractivity contribution in [1.29, 1.82) is 0 Å². The Morgan fingerprint density at radius 3 is 2.85 bits per heavy atom. The number of pyridine rings is 1. The average molecular weight is 461 g/mol. The molecule has 0 spiro atoms. The number of rotatable bonds is 7. The molecular weight excluding hydrogens is 437 g/mol. The smallest absolute Gasteiger partial charge is 0.259 e. The summed E-state index contributed by atoms with van der Waals surface area (Å²) in [5.41, 5.74) is 2.22. The number of hydrogen-bond acceptors (Lipinski definition) is 6. The SMILES string of the molecule is O=C(Nc1ccccn1)c1cccc2[nH]c(-c3ccc(F)cc3OCCN3CCOCC3)nc12. The number of para-hydroxylation sites is 1. The predicted molar refractivity (Wildman–Crippen MR) is 126 cm³/mol. The van der Waals surface area contributed by atoms with E-state index in [-0.39, 0.29) is 5.91 Å². The van der Waals surface area contributed by atoms with Crippen LogP contribution in [0.1, 0.15) is 10.4 Å². The Labute approximate surface area is 195 Å². The molecule has 5 rings (SSSR count). The Morgan fingerprint density at radius 2 is 2.03 bits per heavy atom. The van der Waals surface area contributed by atoms with Gasteiger partial charge in [-0.05, 0) is 36.4 Å². The Balaban J connectivity index is 1.39. The number of amides is 1. The molecule has 8 nitrogen and oxygen atoms in total. The van der Waals surface area contributed by atoms with Gasteiger partial charge < -0.3 is 19.8 Å². The van der Waals surface area contributed by atoms with Crippen molar-refractivity contribution in [2.24, 2.45) is 0 Å². The number of fused-ring (bicyclic) bond motifs is 1. The first-order valence-electron chi connectivity index (χ1n) is 11.1. The Hall–Kier alpha value is -3.82. The van der Waals surface area contributed by atoms with Crippen molar-refractivity contribution in [1.82, 2.24) is 19.9 Å². The Kier molecular flexibility index (Phi) is 6.46. The molecule has 34 heavy (non-hydrogen) atoms. The predicted octanol–water partition coefficient (Wildman–Crippen LogP) is 3.73. The first kappa shape index (κ1) is 22.0. The zero-order valence-corrected chi connectivity index (χ0v) is 18.5. The molecule has 2 N–H and O–H groups in total. The van der Waals surface area contributed by atoms with Crippen molar-refractivity contribution in [3.8, 4) is 17.1 Å². The maximum absolute atomic E-state index is 14.0. The van der Waals surface area contributed by atoms with Gasteiger partial charge in [-0.3, -0.25) is 9.69 Å². The summed E-state index contributed by atoms with van der Waals surface area (Å²) in [4.78, 5) is 27.2. The molecular formula is C25H24FN5O3. The average Bonchev–Trinajstić information content (AvgIpc) is 3.29. The van der Waals surface area contributed by atoms with Gasteiger partial charge in [0.05, 0.1) is 29.9 Å². The molecule has 2 aromatic heterocycles. The summed E-state index contributed by atoms with van der Waals surface area (Å²) in [6.07, 6.45) is 1.61. The van der Waals surface area contributed by atoms with Gasteiger partial charge >= 0.3 is 0 Å². The van der Waals surface area contributed by atoms with E-state index in [4.69, 9.17) is 9.47 Å². The summed E-state index contributed by atoms with van der Waals surface area (Å²) in [5, 5.41) is 2.79. The minimum absolute atomic E-state index is 0.316. The number of nitrogens with one attached hydrogen (secondary N) is 2. The topological polar surface area (TPSA) is 92.4 Å². The van der Waals surface area contributed by atoms with Crippen LogP contribution < -0.4 is 10.1 Å². The minimum Gasteiger partial charge on any atom is -0.491 e. The Morgan fingerprint density at radius 1 is 1.15 bits per heavy atom. The summed E-state index contributed by atoms with van der Waals surface area (Å²) in [5.74, 6) is 0.635. The summed E-state index contributed by atoms with van der Waals surface area (Å²) in [7, 11) is 0. The molecule has 0 aliphatic carbocycles. The molecule has 0 atom stereocenters. The molecule has 1 aliphatic heterocycles. The first-order valence-corrected chi connectivity index (χ1v) is 11.1. The molecule has 0 radical (unpaired) electrons. The Bertz CT molecular complexity index is 1290. The van der Waals surface area contributed by atoms with E-state index in [0.29, 0.717) is 59.4 Å². The second-order valence-electron chi connectivity index (χ2n) is 7.90. The number of aromatic amines is 1. The molecule has 4 aromatic rings. The number of morpholine rings is 1. The third-order valence-electron chi connectivity index (χ3n) is 5.63. The fourth-order valence-electron chi connectivity index (χ4n) is 3.88. The van der Waals surface area contributed by atoms with E-state index in [1.165, 1.54) is 12.1 Å². The number of benzene rings is 2. The number of carbonyl (C=O) groups excluding carboxylic acids is 1. The molecule has 1 amide bonds. The highest BCUT2D eigenvalue weighted by Gasteiger charge is 2.18. The van der Waals surface area contributed by atoms with Crippen LogP contribution in [0.25, 0.3) is 22.4 Å². The lowest BCUT2D eigenvalue weighted by molar-refractivity contribution is 0.0322. The summed E-state index contributed by atoms with van der Waals surface area (Å²) < 4.78 is 25.4. The molecule has 2 aromatic carbocycles. The largest absolute Gasteiger partial charge is 0.491 e. The first-order chi connectivity index (χ1) is 16.7. The zero-order valence-electron chi connectivity index (χ0n) is 18.5. The van der Waals surface area contributed by atoms with Crippen molar-refractivity contribution in [3.05, 3.63) is 72.2 Å². The molecule has 1 aliphatic rings.